The van der Waals surface area contributed by atoms with Crippen LogP contribution >= 0.6 is 0 Å². The summed E-state index contributed by atoms with van der Waals surface area (Å²) in [6.45, 7) is 3.30. The first kappa shape index (κ1) is 21.6. The Morgan fingerprint density at radius 2 is 1.77 bits per heavy atom. The number of hydrogen-bond donors (Lipinski definition) is 2. The van der Waals surface area contributed by atoms with Crippen molar-refractivity contribution in [1.82, 2.24) is 9.62 Å². The van der Waals surface area contributed by atoms with Crippen LogP contribution in [0.2, 0.25) is 0 Å². The SMILES string of the molecule is CC(=O)Nc1ccc(S(=O)(=O)N[C@@H](C)C(=O)N(C)Cc2ccc3c(c2)OCO3)cc1. The molecule has 0 bridgehead atoms. The Morgan fingerprint density at radius 3 is 2.43 bits per heavy atom. The lowest BCUT2D eigenvalue weighted by atomic mass is 10.2. The van der Waals surface area contributed by atoms with Crippen LogP contribution in [0.3, 0.4) is 0 Å². The molecule has 3 rings (SSSR count). The average Bonchev–Trinajstić information content (AvgIpc) is 3.14. The molecule has 9 nitrogen and oxygen atoms in total. The summed E-state index contributed by atoms with van der Waals surface area (Å²) in [5, 5.41) is 2.56. The minimum atomic E-state index is -3.91. The van der Waals surface area contributed by atoms with Gasteiger partial charge in [0, 0.05) is 26.2 Å². The number of nitrogens with zero attached hydrogens (tertiary/aromatic N) is 1. The van der Waals surface area contributed by atoms with Gasteiger partial charge in [-0.1, -0.05) is 6.07 Å². The van der Waals surface area contributed by atoms with Crippen molar-refractivity contribution in [1.29, 1.82) is 0 Å². The molecule has 1 aliphatic rings. The monoisotopic (exact) mass is 433 g/mol. The number of nitrogens with one attached hydrogen (secondary N) is 2. The first-order valence-corrected chi connectivity index (χ1v) is 10.7. The molecule has 0 spiro atoms. The van der Waals surface area contributed by atoms with Crippen LogP contribution in [0.1, 0.15) is 19.4 Å². The highest BCUT2D eigenvalue weighted by Crippen LogP contribution is 2.32. The van der Waals surface area contributed by atoms with Crippen LogP contribution < -0.4 is 19.5 Å². The van der Waals surface area contributed by atoms with Gasteiger partial charge in [0.05, 0.1) is 10.9 Å². The third-order valence-corrected chi connectivity index (χ3v) is 5.98. The van der Waals surface area contributed by atoms with Crippen LogP contribution in [0.4, 0.5) is 5.69 Å². The molecule has 2 N–H and O–H groups in total. The molecule has 1 heterocycles. The van der Waals surface area contributed by atoms with Gasteiger partial charge in [-0.15, -0.1) is 0 Å². The maximum atomic E-state index is 12.7. The van der Waals surface area contributed by atoms with Crippen LogP contribution in [0.25, 0.3) is 0 Å². The zero-order valence-corrected chi connectivity index (χ0v) is 17.7. The number of ether oxygens (including phenoxy) is 2. The number of amides is 2. The summed E-state index contributed by atoms with van der Waals surface area (Å²) in [5.41, 5.74) is 1.31. The van der Waals surface area contributed by atoms with Crippen LogP contribution in [-0.2, 0) is 26.2 Å². The largest absolute Gasteiger partial charge is 0.454 e. The predicted octanol–water partition coefficient (Wildman–Crippen LogP) is 1.70. The Kier molecular flexibility index (Phi) is 6.28. The molecule has 10 heteroatoms. The smallest absolute Gasteiger partial charge is 0.241 e. The number of carbonyl (C=O) groups is 2. The number of benzene rings is 2. The molecule has 0 radical (unpaired) electrons. The number of rotatable bonds is 7. The minimum absolute atomic E-state index is 0.00493. The summed E-state index contributed by atoms with van der Waals surface area (Å²) in [5.74, 6) is 0.628. The summed E-state index contributed by atoms with van der Waals surface area (Å²) in [6, 6.07) is 10.1. The van der Waals surface area contributed by atoms with Gasteiger partial charge in [0.2, 0.25) is 28.6 Å². The molecule has 0 saturated carbocycles. The first-order valence-electron chi connectivity index (χ1n) is 9.19. The molecule has 0 aromatic heterocycles. The third-order valence-electron chi connectivity index (χ3n) is 4.42. The van der Waals surface area contributed by atoms with E-state index in [1.54, 1.807) is 19.2 Å². The molecule has 30 heavy (non-hydrogen) atoms. The van der Waals surface area contributed by atoms with Crippen molar-refractivity contribution in [3.05, 3.63) is 48.0 Å². The number of hydrogen-bond acceptors (Lipinski definition) is 6. The number of fused-ring (bicyclic) bond motifs is 1. The molecular weight excluding hydrogens is 410 g/mol. The van der Waals surface area contributed by atoms with E-state index in [9.17, 15) is 18.0 Å². The van der Waals surface area contributed by atoms with Crippen LogP contribution in [0, 0.1) is 0 Å². The summed E-state index contributed by atoms with van der Waals surface area (Å²) < 4.78 is 38.2. The lowest BCUT2D eigenvalue weighted by Crippen LogP contribution is -2.45. The van der Waals surface area contributed by atoms with Crippen molar-refractivity contribution >= 4 is 27.5 Å². The fourth-order valence-corrected chi connectivity index (χ4v) is 4.19. The van der Waals surface area contributed by atoms with Gasteiger partial charge < -0.3 is 19.7 Å². The second-order valence-electron chi connectivity index (χ2n) is 6.93. The molecule has 0 unspecified atom stereocenters. The second-order valence-corrected chi connectivity index (χ2v) is 8.64. The van der Waals surface area contributed by atoms with Crippen molar-refractivity contribution in [2.24, 2.45) is 0 Å². The Labute approximate surface area is 175 Å². The van der Waals surface area contributed by atoms with E-state index >= 15 is 0 Å². The summed E-state index contributed by atoms with van der Waals surface area (Å²) in [6.07, 6.45) is 0. The van der Waals surface area contributed by atoms with Crippen molar-refractivity contribution in [2.75, 3.05) is 19.2 Å². The van der Waals surface area contributed by atoms with Crippen LogP contribution in [0.15, 0.2) is 47.4 Å². The van der Waals surface area contributed by atoms with E-state index in [4.69, 9.17) is 9.47 Å². The molecule has 0 aliphatic carbocycles. The number of sulfonamides is 1. The lowest BCUT2D eigenvalue weighted by molar-refractivity contribution is -0.131. The average molecular weight is 433 g/mol. The first-order chi connectivity index (χ1) is 14.2. The van der Waals surface area contributed by atoms with E-state index in [-0.39, 0.29) is 30.0 Å². The molecular formula is C20H23N3O6S. The predicted molar refractivity (Wildman–Crippen MR) is 110 cm³/mol. The highest BCUT2D eigenvalue weighted by atomic mass is 32.2. The van der Waals surface area contributed by atoms with Gasteiger partial charge >= 0.3 is 0 Å². The van der Waals surface area contributed by atoms with Gasteiger partial charge in [-0.05, 0) is 48.9 Å². The van der Waals surface area contributed by atoms with Gasteiger partial charge in [0.1, 0.15) is 0 Å². The topological polar surface area (TPSA) is 114 Å². The zero-order chi connectivity index (χ0) is 21.9. The van der Waals surface area contributed by atoms with Gasteiger partial charge in [-0.25, -0.2) is 8.42 Å². The summed E-state index contributed by atoms with van der Waals surface area (Å²) >= 11 is 0. The summed E-state index contributed by atoms with van der Waals surface area (Å²) in [4.78, 5) is 25.2. The minimum Gasteiger partial charge on any atom is -0.454 e. The fraction of sp³-hybridized carbons (Fsp3) is 0.300. The Morgan fingerprint density at radius 1 is 1.10 bits per heavy atom. The van der Waals surface area contributed by atoms with Crippen molar-refractivity contribution < 1.29 is 27.5 Å². The quantitative estimate of drug-likeness (QED) is 0.687. The molecule has 0 fully saturated rings. The van der Waals surface area contributed by atoms with Crippen molar-refractivity contribution in [2.45, 2.75) is 31.3 Å². The molecule has 160 valence electrons. The van der Waals surface area contributed by atoms with Gasteiger partial charge in [0.15, 0.2) is 11.5 Å². The molecule has 2 aromatic rings. The number of carbonyl (C=O) groups excluding carboxylic acids is 2. The van der Waals surface area contributed by atoms with Crippen LogP contribution in [0.5, 0.6) is 11.5 Å². The van der Waals surface area contributed by atoms with Gasteiger partial charge in [0.25, 0.3) is 0 Å². The molecule has 1 aliphatic heterocycles. The van der Waals surface area contributed by atoms with E-state index in [0.717, 1.165) is 5.56 Å². The molecule has 1 atom stereocenters. The lowest BCUT2D eigenvalue weighted by Gasteiger charge is -2.22. The highest BCUT2D eigenvalue weighted by Gasteiger charge is 2.25. The Hall–Kier alpha value is -3.11. The normalized spacial score (nSPS) is 13.6. The molecule has 2 amide bonds. The summed E-state index contributed by atoms with van der Waals surface area (Å²) in [7, 11) is -2.31. The molecule has 0 saturated heterocycles. The van der Waals surface area contributed by atoms with Crippen molar-refractivity contribution in [3.8, 4) is 11.5 Å². The maximum absolute atomic E-state index is 12.7. The van der Waals surface area contributed by atoms with Gasteiger partial charge in [-0.2, -0.15) is 4.72 Å². The van der Waals surface area contributed by atoms with E-state index in [2.05, 4.69) is 10.0 Å². The van der Waals surface area contributed by atoms with E-state index in [1.165, 1.54) is 43.0 Å². The fourth-order valence-electron chi connectivity index (χ4n) is 2.99. The van der Waals surface area contributed by atoms with E-state index in [1.807, 2.05) is 6.07 Å². The van der Waals surface area contributed by atoms with E-state index in [0.29, 0.717) is 17.2 Å². The Bertz CT molecular complexity index is 1050. The second kappa shape index (κ2) is 8.72. The number of anilines is 1. The van der Waals surface area contributed by atoms with E-state index < -0.39 is 16.1 Å². The molecule has 2 aromatic carbocycles. The number of likely N-dealkylation sites (N-methyl/N-ethyl adjacent to an activating group) is 1. The Balaban J connectivity index is 1.62. The van der Waals surface area contributed by atoms with Crippen molar-refractivity contribution in [3.63, 3.8) is 0 Å². The van der Waals surface area contributed by atoms with Gasteiger partial charge in [-0.3, -0.25) is 9.59 Å². The standard InChI is InChI=1S/C20H23N3O6S/c1-13(22-30(26,27)17-7-5-16(6-8-17)21-14(2)24)20(25)23(3)11-15-4-9-18-19(10-15)29-12-28-18/h4-10,13,22H,11-12H2,1-3H3,(H,21,24)/t13-/m0/s1. The van der Waals surface area contributed by atoms with Crippen LogP contribution in [-0.4, -0.2) is 45.0 Å². The third kappa shape index (κ3) is 5.08. The maximum Gasteiger partial charge on any atom is 0.241 e. The highest BCUT2D eigenvalue weighted by molar-refractivity contribution is 7.89. The zero-order valence-electron chi connectivity index (χ0n) is 16.8.